The summed E-state index contributed by atoms with van der Waals surface area (Å²) < 4.78 is 11.4. The van der Waals surface area contributed by atoms with Crippen molar-refractivity contribution in [3.63, 3.8) is 0 Å². The third-order valence-corrected chi connectivity index (χ3v) is 5.84. The van der Waals surface area contributed by atoms with E-state index in [1.54, 1.807) is 18.7 Å². The lowest BCUT2D eigenvalue weighted by molar-refractivity contribution is -0.154. The maximum atomic E-state index is 11.7. The molecule has 2 atom stereocenters. The van der Waals surface area contributed by atoms with Crippen molar-refractivity contribution in [2.45, 2.75) is 62.7 Å². The summed E-state index contributed by atoms with van der Waals surface area (Å²) in [7, 11) is 0. The number of hydrogen-bond donors (Lipinski definition) is 0. The number of esters is 1. The topological polar surface area (TPSA) is 35.5 Å². The predicted octanol–water partition coefficient (Wildman–Crippen LogP) is 5.04. The molecule has 24 heavy (non-hydrogen) atoms. The fraction of sp³-hybridized carbons (Fsp3) is 0.550. The van der Waals surface area contributed by atoms with Crippen molar-refractivity contribution in [1.29, 1.82) is 0 Å². The molecular weight excluding hydrogens is 320 g/mol. The van der Waals surface area contributed by atoms with Gasteiger partial charge in [-0.25, -0.2) is 0 Å². The maximum absolute atomic E-state index is 11.7. The van der Waals surface area contributed by atoms with Crippen LogP contribution in [0.25, 0.3) is 0 Å². The van der Waals surface area contributed by atoms with Crippen LogP contribution in [-0.2, 0) is 9.53 Å². The molecule has 0 aromatic heterocycles. The molecule has 3 nitrogen and oxygen atoms in total. The predicted molar refractivity (Wildman–Crippen MR) is 98.0 cm³/mol. The van der Waals surface area contributed by atoms with Gasteiger partial charge in [-0.2, -0.15) is 0 Å². The minimum atomic E-state index is -0.436. The van der Waals surface area contributed by atoms with Gasteiger partial charge in [-0.15, -0.1) is 5.92 Å². The largest absolute Gasteiger partial charge is 0.481 e. The Kier molecular flexibility index (Phi) is 7.05. The lowest BCUT2D eigenvalue weighted by Crippen LogP contribution is -2.41. The van der Waals surface area contributed by atoms with Crippen LogP contribution in [0.5, 0.6) is 5.75 Å². The molecule has 0 spiro atoms. The van der Waals surface area contributed by atoms with Gasteiger partial charge in [0.25, 0.3) is 0 Å². The molecule has 1 fully saturated rings. The van der Waals surface area contributed by atoms with Gasteiger partial charge >= 0.3 is 5.97 Å². The standard InChI is InChI=1S/C20H26O3S/c1-4-6-15-22-18-10-12-19(13-11-18)24-20(23-16(3)21)14-8-7-9-17(20)5-2/h10-13,17H,5,7-9,14-15H2,1-3H3. The van der Waals surface area contributed by atoms with E-state index in [4.69, 9.17) is 9.47 Å². The van der Waals surface area contributed by atoms with Gasteiger partial charge in [-0.3, -0.25) is 4.79 Å². The van der Waals surface area contributed by atoms with Gasteiger partial charge in [0.2, 0.25) is 0 Å². The summed E-state index contributed by atoms with van der Waals surface area (Å²) in [6.45, 7) is 5.89. The smallest absolute Gasteiger partial charge is 0.304 e. The van der Waals surface area contributed by atoms with E-state index in [9.17, 15) is 4.79 Å². The second kappa shape index (κ2) is 9.03. The van der Waals surface area contributed by atoms with E-state index in [-0.39, 0.29) is 5.97 Å². The van der Waals surface area contributed by atoms with Crippen molar-refractivity contribution in [1.82, 2.24) is 0 Å². The Hall–Kier alpha value is -1.60. The normalized spacial score (nSPS) is 23.0. The van der Waals surface area contributed by atoms with Gasteiger partial charge in [-0.1, -0.05) is 31.0 Å². The van der Waals surface area contributed by atoms with E-state index in [0.717, 1.165) is 36.3 Å². The Morgan fingerprint density at radius 2 is 2.08 bits per heavy atom. The summed E-state index contributed by atoms with van der Waals surface area (Å²) in [6, 6.07) is 7.97. The zero-order valence-electron chi connectivity index (χ0n) is 14.8. The number of thioether (sulfide) groups is 1. The average molecular weight is 346 g/mol. The summed E-state index contributed by atoms with van der Waals surface area (Å²) in [4.78, 5) is 12.4. The van der Waals surface area contributed by atoms with Crippen molar-refractivity contribution >= 4 is 17.7 Å². The summed E-state index contributed by atoms with van der Waals surface area (Å²) in [6.07, 6.45) is 5.38. The molecule has 0 N–H and O–H groups in total. The van der Waals surface area contributed by atoms with Gasteiger partial charge in [0.15, 0.2) is 4.93 Å². The summed E-state index contributed by atoms with van der Waals surface area (Å²) in [5.74, 6) is 6.70. The minimum absolute atomic E-state index is 0.194. The number of ether oxygens (including phenoxy) is 2. The Balaban J connectivity index is 2.13. The number of hydrogen-bond acceptors (Lipinski definition) is 4. The van der Waals surface area contributed by atoms with E-state index in [2.05, 4.69) is 18.8 Å². The first-order valence-electron chi connectivity index (χ1n) is 8.60. The van der Waals surface area contributed by atoms with Crippen LogP contribution in [0.2, 0.25) is 0 Å². The zero-order valence-corrected chi connectivity index (χ0v) is 15.6. The Morgan fingerprint density at radius 1 is 1.33 bits per heavy atom. The van der Waals surface area contributed by atoms with Crippen LogP contribution in [0.15, 0.2) is 29.2 Å². The molecule has 0 heterocycles. The van der Waals surface area contributed by atoms with Crippen molar-refractivity contribution in [2.75, 3.05) is 6.61 Å². The van der Waals surface area contributed by atoms with Crippen LogP contribution >= 0.6 is 11.8 Å². The lowest BCUT2D eigenvalue weighted by atomic mass is 9.84. The Bertz CT molecular complexity index is 600. The number of carbonyl (C=O) groups is 1. The fourth-order valence-electron chi connectivity index (χ4n) is 3.23. The molecule has 0 radical (unpaired) electrons. The van der Waals surface area contributed by atoms with Crippen molar-refractivity contribution < 1.29 is 14.3 Å². The van der Waals surface area contributed by atoms with Gasteiger partial charge in [0.05, 0.1) is 0 Å². The van der Waals surface area contributed by atoms with Crippen LogP contribution in [0, 0.1) is 17.8 Å². The average Bonchev–Trinajstić information content (AvgIpc) is 2.56. The van der Waals surface area contributed by atoms with E-state index in [1.165, 1.54) is 13.3 Å². The van der Waals surface area contributed by atoms with Crippen LogP contribution in [0.3, 0.4) is 0 Å². The van der Waals surface area contributed by atoms with Crippen molar-refractivity contribution in [2.24, 2.45) is 5.92 Å². The molecular formula is C20H26O3S. The molecule has 4 heteroatoms. The first-order chi connectivity index (χ1) is 11.6. The minimum Gasteiger partial charge on any atom is -0.481 e. The third kappa shape index (κ3) is 4.95. The Labute approximate surface area is 149 Å². The number of benzene rings is 1. The molecule has 1 aliphatic rings. The summed E-state index contributed by atoms with van der Waals surface area (Å²) >= 11 is 1.68. The fourth-order valence-corrected chi connectivity index (χ4v) is 4.76. The van der Waals surface area contributed by atoms with Crippen molar-refractivity contribution in [3.8, 4) is 17.6 Å². The zero-order chi connectivity index (χ0) is 17.4. The van der Waals surface area contributed by atoms with E-state index in [0.29, 0.717) is 12.5 Å². The van der Waals surface area contributed by atoms with Crippen LogP contribution in [0.4, 0.5) is 0 Å². The van der Waals surface area contributed by atoms with Gasteiger partial charge in [0.1, 0.15) is 12.4 Å². The SMILES string of the molecule is CC#CCOc1ccc(SC2(OC(C)=O)CCCCC2CC)cc1. The molecule has 1 aromatic carbocycles. The third-order valence-electron chi connectivity index (χ3n) is 4.36. The van der Waals surface area contributed by atoms with E-state index >= 15 is 0 Å². The highest BCUT2D eigenvalue weighted by molar-refractivity contribution is 8.00. The Morgan fingerprint density at radius 3 is 2.71 bits per heavy atom. The molecule has 1 aliphatic carbocycles. The molecule has 0 saturated heterocycles. The second-order valence-corrected chi connectivity index (χ2v) is 7.41. The molecule has 2 rings (SSSR count). The second-order valence-electron chi connectivity index (χ2n) is 6.05. The van der Waals surface area contributed by atoms with Crippen LogP contribution in [-0.4, -0.2) is 17.5 Å². The van der Waals surface area contributed by atoms with Gasteiger partial charge in [0, 0.05) is 17.7 Å². The van der Waals surface area contributed by atoms with Crippen LogP contribution in [0.1, 0.15) is 52.9 Å². The highest BCUT2D eigenvalue weighted by Gasteiger charge is 2.43. The molecule has 1 aromatic rings. The molecule has 0 amide bonds. The highest BCUT2D eigenvalue weighted by Crippen LogP contribution is 2.49. The molecule has 0 aliphatic heterocycles. The molecule has 2 unspecified atom stereocenters. The quantitative estimate of drug-likeness (QED) is 0.411. The number of carbonyl (C=O) groups excluding carboxylic acids is 1. The lowest BCUT2D eigenvalue weighted by Gasteiger charge is -2.42. The van der Waals surface area contributed by atoms with Gasteiger partial charge < -0.3 is 9.47 Å². The summed E-state index contributed by atoms with van der Waals surface area (Å²) in [5, 5.41) is 0. The molecule has 0 bridgehead atoms. The highest BCUT2D eigenvalue weighted by atomic mass is 32.2. The summed E-state index contributed by atoms with van der Waals surface area (Å²) in [5.41, 5.74) is 0. The van der Waals surface area contributed by atoms with Crippen LogP contribution < -0.4 is 4.74 Å². The first-order valence-corrected chi connectivity index (χ1v) is 9.42. The van der Waals surface area contributed by atoms with Gasteiger partial charge in [-0.05, 0) is 56.9 Å². The molecule has 130 valence electrons. The first kappa shape index (κ1) is 18.7. The van der Waals surface area contributed by atoms with Crippen molar-refractivity contribution in [3.05, 3.63) is 24.3 Å². The molecule has 1 saturated carbocycles. The van der Waals surface area contributed by atoms with E-state index < -0.39 is 4.93 Å². The van der Waals surface area contributed by atoms with E-state index in [1.807, 2.05) is 24.3 Å². The monoisotopic (exact) mass is 346 g/mol. The maximum Gasteiger partial charge on any atom is 0.304 e. The number of rotatable bonds is 6.